The van der Waals surface area contributed by atoms with Gasteiger partial charge in [0, 0.05) is 34.0 Å². The van der Waals surface area contributed by atoms with E-state index >= 15 is 0 Å². The van der Waals surface area contributed by atoms with Crippen LogP contribution in [0.15, 0.2) is 35.1 Å². The SMILES string of the molecule is CCCn1ccnc1C(=O)c1cc(Cl)cc(Br)c1. The third kappa shape index (κ3) is 2.82. The van der Waals surface area contributed by atoms with Crippen LogP contribution in [0.5, 0.6) is 0 Å². The van der Waals surface area contributed by atoms with Gasteiger partial charge in [0.2, 0.25) is 5.78 Å². The number of nitrogens with zero attached hydrogens (tertiary/aromatic N) is 2. The Morgan fingerprint density at radius 2 is 2.22 bits per heavy atom. The standard InChI is InChI=1S/C13H12BrClN2O/c1-2-4-17-5-3-16-13(17)12(18)9-6-10(14)8-11(15)7-9/h3,5-8H,2,4H2,1H3. The molecule has 5 heteroatoms. The zero-order chi connectivity index (χ0) is 13.1. The first-order chi connectivity index (χ1) is 8.61. The number of carbonyl (C=O) groups excluding carboxylic acids is 1. The fourth-order valence-corrected chi connectivity index (χ4v) is 2.61. The second-order valence-electron chi connectivity index (χ2n) is 3.93. The average Bonchev–Trinajstić information content (AvgIpc) is 2.75. The van der Waals surface area contributed by atoms with E-state index < -0.39 is 0 Å². The summed E-state index contributed by atoms with van der Waals surface area (Å²) >= 11 is 9.28. The Bertz CT molecular complexity index is 560. The molecule has 0 saturated carbocycles. The van der Waals surface area contributed by atoms with Crippen molar-refractivity contribution >= 4 is 33.3 Å². The molecule has 0 unspecified atom stereocenters. The van der Waals surface area contributed by atoms with Crippen LogP contribution in [0.4, 0.5) is 0 Å². The van der Waals surface area contributed by atoms with Crippen molar-refractivity contribution in [2.45, 2.75) is 19.9 Å². The van der Waals surface area contributed by atoms with Gasteiger partial charge in [-0.25, -0.2) is 4.98 Å². The summed E-state index contributed by atoms with van der Waals surface area (Å²) in [5.74, 6) is 0.336. The molecule has 0 bridgehead atoms. The zero-order valence-electron chi connectivity index (χ0n) is 9.86. The number of benzene rings is 1. The molecule has 0 N–H and O–H groups in total. The van der Waals surface area contributed by atoms with E-state index in [1.54, 1.807) is 24.4 Å². The van der Waals surface area contributed by atoms with Crippen molar-refractivity contribution in [2.75, 3.05) is 0 Å². The largest absolute Gasteiger partial charge is 0.328 e. The molecule has 1 heterocycles. The summed E-state index contributed by atoms with van der Waals surface area (Å²) in [6.07, 6.45) is 4.41. The fourth-order valence-electron chi connectivity index (χ4n) is 1.75. The minimum absolute atomic E-state index is 0.114. The quantitative estimate of drug-likeness (QED) is 0.797. The molecule has 2 rings (SSSR count). The second kappa shape index (κ2) is 5.67. The van der Waals surface area contributed by atoms with Gasteiger partial charge < -0.3 is 4.57 Å². The van der Waals surface area contributed by atoms with Crippen LogP contribution < -0.4 is 0 Å². The van der Waals surface area contributed by atoms with Crippen LogP contribution in [0.2, 0.25) is 5.02 Å². The monoisotopic (exact) mass is 326 g/mol. The maximum absolute atomic E-state index is 12.3. The number of halogens is 2. The van der Waals surface area contributed by atoms with Crippen molar-refractivity contribution in [3.63, 3.8) is 0 Å². The van der Waals surface area contributed by atoms with E-state index in [-0.39, 0.29) is 5.78 Å². The Morgan fingerprint density at radius 3 is 2.89 bits per heavy atom. The van der Waals surface area contributed by atoms with Gasteiger partial charge in [-0.05, 0) is 24.6 Å². The van der Waals surface area contributed by atoms with E-state index in [2.05, 4.69) is 27.8 Å². The molecule has 1 aromatic heterocycles. The van der Waals surface area contributed by atoms with Crippen LogP contribution in [0.25, 0.3) is 0 Å². The molecule has 0 radical (unpaired) electrons. The van der Waals surface area contributed by atoms with Gasteiger partial charge in [-0.1, -0.05) is 34.5 Å². The fraction of sp³-hybridized carbons (Fsp3) is 0.231. The van der Waals surface area contributed by atoms with Gasteiger partial charge in [-0.15, -0.1) is 0 Å². The summed E-state index contributed by atoms with van der Waals surface area (Å²) in [7, 11) is 0. The highest BCUT2D eigenvalue weighted by molar-refractivity contribution is 9.10. The van der Waals surface area contributed by atoms with E-state index in [1.165, 1.54) is 0 Å². The highest BCUT2D eigenvalue weighted by Gasteiger charge is 2.15. The molecule has 0 aliphatic carbocycles. The summed E-state index contributed by atoms with van der Waals surface area (Å²) in [4.78, 5) is 16.5. The van der Waals surface area contributed by atoms with Gasteiger partial charge in [0.15, 0.2) is 5.82 Å². The molecule has 0 amide bonds. The molecule has 0 aliphatic rings. The number of aryl methyl sites for hydroxylation is 1. The first-order valence-corrected chi connectivity index (χ1v) is 6.81. The van der Waals surface area contributed by atoms with Crippen LogP contribution in [0, 0.1) is 0 Å². The van der Waals surface area contributed by atoms with E-state index in [1.807, 2.05) is 10.8 Å². The number of carbonyl (C=O) groups is 1. The Morgan fingerprint density at radius 1 is 1.44 bits per heavy atom. The van der Waals surface area contributed by atoms with Crippen molar-refractivity contribution in [2.24, 2.45) is 0 Å². The minimum atomic E-state index is -0.114. The normalized spacial score (nSPS) is 10.6. The highest BCUT2D eigenvalue weighted by atomic mass is 79.9. The molecule has 1 aromatic carbocycles. The molecule has 0 spiro atoms. The Labute approximate surface area is 119 Å². The lowest BCUT2D eigenvalue weighted by atomic mass is 10.1. The van der Waals surface area contributed by atoms with E-state index in [4.69, 9.17) is 11.6 Å². The van der Waals surface area contributed by atoms with Crippen molar-refractivity contribution in [1.82, 2.24) is 9.55 Å². The first kappa shape index (κ1) is 13.3. The lowest BCUT2D eigenvalue weighted by molar-refractivity contribution is 0.102. The highest BCUT2D eigenvalue weighted by Crippen LogP contribution is 2.21. The van der Waals surface area contributed by atoms with E-state index in [0.29, 0.717) is 16.4 Å². The number of aromatic nitrogens is 2. The van der Waals surface area contributed by atoms with Crippen LogP contribution >= 0.6 is 27.5 Å². The van der Waals surface area contributed by atoms with Gasteiger partial charge in [0.05, 0.1) is 0 Å². The molecule has 18 heavy (non-hydrogen) atoms. The predicted molar refractivity (Wildman–Crippen MR) is 75.1 cm³/mol. The molecular formula is C13H12BrClN2O. The Balaban J connectivity index is 2.38. The Hall–Kier alpha value is -1.13. The first-order valence-electron chi connectivity index (χ1n) is 5.63. The molecule has 2 aromatic rings. The van der Waals surface area contributed by atoms with Crippen molar-refractivity contribution < 1.29 is 4.79 Å². The minimum Gasteiger partial charge on any atom is -0.328 e. The maximum Gasteiger partial charge on any atom is 0.228 e. The number of rotatable bonds is 4. The number of hydrogen-bond acceptors (Lipinski definition) is 2. The molecule has 94 valence electrons. The predicted octanol–water partition coefficient (Wildman–Crippen LogP) is 3.94. The van der Waals surface area contributed by atoms with Gasteiger partial charge >= 0.3 is 0 Å². The Kier molecular flexibility index (Phi) is 4.19. The van der Waals surface area contributed by atoms with Gasteiger partial charge in [0.1, 0.15) is 0 Å². The summed E-state index contributed by atoms with van der Waals surface area (Å²) in [6.45, 7) is 2.84. The molecule has 0 saturated heterocycles. The smallest absolute Gasteiger partial charge is 0.228 e. The van der Waals surface area contributed by atoms with Crippen LogP contribution in [-0.2, 0) is 6.54 Å². The van der Waals surface area contributed by atoms with Crippen molar-refractivity contribution in [1.29, 1.82) is 0 Å². The average molecular weight is 328 g/mol. The van der Waals surface area contributed by atoms with Crippen LogP contribution in [0.1, 0.15) is 29.5 Å². The van der Waals surface area contributed by atoms with Gasteiger partial charge in [-0.3, -0.25) is 4.79 Å². The molecule has 3 nitrogen and oxygen atoms in total. The molecule has 0 atom stereocenters. The third-order valence-electron chi connectivity index (χ3n) is 2.51. The number of imidazole rings is 1. The van der Waals surface area contributed by atoms with Crippen molar-refractivity contribution in [3.05, 3.63) is 51.5 Å². The van der Waals surface area contributed by atoms with Crippen molar-refractivity contribution in [3.8, 4) is 0 Å². The molecule has 0 fully saturated rings. The topological polar surface area (TPSA) is 34.9 Å². The zero-order valence-corrected chi connectivity index (χ0v) is 12.2. The van der Waals surface area contributed by atoms with Crippen LogP contribution in [-0.4, -0.2) is 15.3 Å². The lowest BCUT2D eigenvalue weighted by Crippen LogP contribution is -2.11. The number of ketones is 1. The van der Waals surface area contributed by atoms with Gasteiger partial charge in [-0.2, -0.15) is 0 Å². The summed E-state index contributed by atoms with van der Waals surface area (Å²) in [5, 5.41) is 0.529. The van der Waals surface area contributed by atoms with E-state index in [0.717, 1.165) is 17.4 Å². The lowest BCUT2D eigenvalue weighted by Gasteiger charge is -2.06. The third-order valence-corrected chi connectivity index (χ3v) is 3.18. The van der Waals surface area contributed by atoms with Gasteiger partial charge in [0.25, 0.3) is 0 Å². The summed E-state index contributed by atoms with van der Waals surface area (Å²) in [5.41, 5.74) is 0.540. The number of hydrogen-bond donors (Lipinski definition) is 0. The molecular weight excluding hydrogens is 316 g/mol. The maximum atomic E-state index is 12.3. The van der Waals surface area contributed by atoms with Crippen LogP contribution in [0.3, 0.4) is 0 Å². The molecule has 0 aliphatic heterocycles. The van der Waals surface area contributed by atoms with E-state index in [9.17, 15) is 4.79 Å². The summed E-state index contributed by atoms with van der Waals surface area (Å²) < 4.78 is 2.64. The summed E-state index contributed by atoms with van der Waals surface area (Å²) in [6, 6.07) is 5.15. The second-order valence-corrected chi connectivity index (χ2v) is 5.28.